The summed E-state index contributed by atoms with van der Waals surface area (Å²) in [6, 6.07) is 0. The van der Waals surface area contributed by atoms with Crippen LogP contribution in [0.2, 0.25) is 0 Å². The van der Waals surface area contributed by atoms with Crippen molar-refractivity contribution in [1.82, 2.24) is 19.5 Å². The molecule has 1 unspecified atom stereocenters. The molecule has 8 nitrogen and oxygen atoms in total. The molecule has 1 saturated heterocycles. The molecule has 21 heavy (non-hydrogen) atoms. The molecule has 0 amide bonds. The van der Waals surface area contributed by atoms with Gasteiger partial charge in [0.15, 0.2) is 17.7 Å². The predicted octanol–water partition coefficient (Wildman–Crippen LogP) is 1.04. The SMILES string of the molecule is CC[C@@H]1CC(OC(C)=O)[C@H](n2cnc3c(N)ncnc32)O1. The third-order valence-corrected chi connectivity index (χ3v) is 3.58. The minimum absolute atomic E-state index is 0.0379. The molecule has 0 spiro atoms. The first-order valence-electron chi connectivity index (χ1n) is 6.85. The smallest absolute Gasteiger partial charge is 0.303 e. The summed E-state index contributed by atoms with van der Waals surface area (Å²) >= 11 is 0. The van der Waals surface area contributed by atoms with Crippen LogP contribution in [-0.4, -0.2) is 37.7 Å². The highest BCUT2D eigenvalue weighted by Crippen LogP contribution is 2.34. The Balaban J connectivity index is 1.99. The van der Waals surface area contributed by atoms with Gasteiger partial charge in [-0.2, -0.15) is 0 Å². The van der Waals surface area contributed by atoms with Crippen molar-refractivity contribution in [3.63, 3.8) is 0 Å². The lowest BCUT2D eigenvalue weighted by Gasteiger charge is -2.19. The predicted molar refractivity (Wildman–Crippen MR) is 74.1 cm³/mol. The largest absolute Gasteiger partial charge is 0.458 e. The average molecular weight is 291 g/mol. The molecule has 112 valence electrons. The molecule has 8 heteroatoms. The number of imidazole rings is 1. The maximum absolute atomic E-state index is 11.3. The molecule has 3 rings (SSSR count). The van der Waals surface area contributed by atoms with Crippen molar-refractivity contribution in [3.05, 3.63) is 12.7 Å². The molecule has 3 heterocycles. The van der Waals surface area contributed by atoms with Gasteiger partial charge < -0.3 is 15.2 Å². The molecular weight excluding hydrogens is 274 g/mol. The Bertz CT molecular complexity index is 671. The molecule has 0 aliphatic carbocycles. The fourth-order valence-corrected chi connectivity index (χ4v) is 2.60. The first-order chi connectivity index (χ1) is 10.1. The van der Waals surface area contributed by atoms with E-state index in [1.807, 2.05) is 6.92 Å². The van der Waals surface area contributed by atoms with Gasteiger partial charge in [-0.05, 0) is 6.42 Å². The number of hydrogen-bond donors (Lipinski definition) is 1. The highest BCUT2D eigenvalue weighted by molar-refractivity contribution is 5.81. The molecule has 2 N–H and O–H groups in total. The first-order valence-corrected chi connectivity index (χ1v) is 6.85. The van der Waals surface area contributed by atoms with Gasteiger partial charge in [-0.1, -0.05) is 6.92 Å². The zero-order valence-corrected chi connectivity index (χ0v) is 11.9. The van der Waals surface area contributed by atoms with Crippen LogP contribution < -0.4 is 5.73 Å². The third kappa shape index (κ3) is 2.42. The maximum atomic E-state index is 11.3. The van der Waals surface area contributed by atoms with E-state index in [1.54, 1.807) is 10.9 Å². The van der Waals surface area contributed by atoms with E-state index in [-0.39, 0.29) is 18.2 Å². The Morgan fingerprint density at radius 1 is 1.52 bits per heavy atom. The van der Waals surface area contributed by atoms with Crippen LogP contribution in [0.25, 0.3) is 11.2 Å². The highest BCUT2D eigenvalue weighted by Gasteiger charge is 2.38. The van der Waals surface area contributed by atoms with Gasteiger partial charge in [0, 0.05) is 13.3 Å². The average Bonchev–Trinajstić information content (AvgIpc) is 3.02. The molecular formula is C13H17N5O3. The van der Waals surface area contributed by atoms with Gasteiger partial charge in [0.1, 0.15) is 17.9 Å². The van der Waals surface area contributed by atoms with E-state index in [2.05, 4.69) is 15.0 Å². The Labute approximate surface area is 121 Å². The quantitative estimate of drug-likeness (QED) is 0.842. The number of nitrogen functional groups attached to an aromatic ring is 1. The second-order valence-corrected chi connectivity index (χ2v) is 5.02. The summed E-state index contributed by atoms with van der Waals surface area (Å²) in [6.07, 6.45) is 3.70. The second kappa shape index (κ2) is 5.28. The fourth-order valence-electron chi connectivity index (χ4n) is 2.60. The van der Waals surface area contributed by atoms with Crippen LogP contribution in [0.1, 0.15) is 32.9 Å². The number of fused-ring (bicyclic) bond motifs is 1. The molecule has 0 radical (unpaired) electrons. The summed E-state index contributed by atoms with van der Waals surface area (Å²) in [7, 11) is 0. The lowest BCUT2D eigenvalue weighted by atomic mass is 10.1. The molecule has 1 fully saturated rings. The summed E-state index contributed by atoms with van der Waals surface area (Å²) in [4.78, 5) is 23.6. The monoisotopic (exact) mass is 291 g/mol. The molecule has 0 bridgehead atoms. The van der Waals surface area contributed by atoms with Crippen LogP contribution >= 0.6 is 0 Å². The summed E-state index contributed by atoms with van der Waals surface area (Å²) in [5, 5.41) is 0. The van der Waals surface area contributed by atoms with Gasteiger partial charge >= 0.3 is 5.97 Å². The topological polar surface area (TPSA) is 105 Å². The van der Waals surface area contributed by atoms with E-state index in [0.717, 1.165) is 6.42 Å². The molecule has 0 aromatic carbocycles. The Morgan fingerprint density at radius 2 is 2.33 bits per heavy atom. The standard InChI is InChI=1S/C13H17N5O3/c1-3-8-4-9(20-7(2)19)13(21-8)18-6-17-10-11(14)15-5-16-12(10)18/h5-6,8-9,13H,3-4H2,1-2H3,(H2,14,15,16)/t8-,9?,13-/m1/s1. The lowest BCUT2D eigenvalue weighted by molar-refractivity contribution is -0.152. The van der Waals surface area contributed by atoms with Crippen molar-refractivity contribution in [2.24, 2.45) is 0 Å². The Hall–Kier alpha value is -2.22. The molecule has 1 aliphatic heterocycles. The van der Waals surface area contributed by atoms with Crippen molar-refractivity contribution >= 4 is 23.0 Å². The Morgan fingerprint density at radius 3 is 3.05 bits per heavy atom. The van der Waals surface area contributed by atoms with Crippen LogP contribution in [0.5, 0.6) is 0 Å². The van der Waals surface area contributed by atoms with Gasteiger partial charge in [0.2, 0.25) is 0 Å². The van der Waals surface area contributed by atoms with Gasteiger partial charge in [0.25, 0.3) is 0 Å². The van der Waals surface area contributed by atoms with E-state index in [9.17, 15) is 4.79 Å². The van der Waals surface area contributed by atoms with Crippen LogP contribution in [0.4, 0.5) is 5.82 Å². The van der Waals surface area contributed by atoms with Crippen molar-refractivity contribution in [2.75, 3.05) is 5.73 Å². The van der Waals surface area contributed by atoms with E-state index < -0.39 is 6.23 Å². The highest BCUT2D eigenvalue weighted by atomic mass is 16.6. The van der Waals surface area contributed by atoms with Crippen molar-refractivity contribution in [1.29, 1.82) is 0 Å². The maximum Gasteiger partial charge on any atom is 0.303 e. The number of esters is 1. The molecule has 2 aromatic rings. The molecule has 1 aliphatic rings. The zero-order chi connectivity index (χ0) is 15.0. The number of ether oxygens (including phenoxy) is 2. The summed E-state index contributed by atoms with van der Waals surface area (Å²) in [5.41, 5.74) is 6.87. The van der Waals surface area contributed by atoms with E-state index in [1.165, 1.54) is 13.3 Å². The number of aromatic nitrogens is 4. The second-order valence-electron chi connectivity index (χ2n) is 5.02. The van der Waals surface area contributed by atoms with Gasteiger partial charge in [-0.25, -0.2) is 15.0 Å². The number of rotatable bonds is 3. The fraction of sp³-hybridized carbons (Fsp3) is 0.538. The van der Waals surface area contributed by atoms with E-state index >= 15 is 0 Å². The molecule has 2 aromatic heterocycles. The zero-order valence-electron chi connectivity index (χ0n) is 11.9. The van der Waals surface area contributed by atoms with E-state index in [0.29, 0.717) is 23.4 Å². The van der Waals surface area contributed by atoms with Crippen LogP contribution in [0, 0.1) is 0 Å². The Kier molecular flexibility index (Phi) is 3.46. The summed E-state index contributed by atoms with van der Waals surface area (Å²) in [5.74, 6) is -0.0169. The number of nitrogens with zero attached hydrogens (tertiary/aromatic N) is 4. The lowest BCUT2D eigenvalue weighted by Crippen LogP contribution is -2.24. The minimum atomic E-state index is -0.446. The van der Waals surface area contributed by atoms with Crippen molar-refractivity contribution < 1.29 is 14.3 Å². The summed E-state index contributed by atoms with van der Waals surface area (Å²) < 4.78 is 13.1. The van der Waals surface area contributed by atoms with Gasteiger partial charge in [-0.15, -0.1) is 0 Å². The number of nitrogens with two attached hydrogens (primary N) is 1. The number of carbonyl (C=O) groups excluding carboxylic acids is 1. The normalized spacial score (nSPS) is 25.3. The van der Waals surface area contributed by atoms with Crippen molar-refractivity contribution in [2.45, 2.75) is 45.1 Å². The third-order valence-electron chi connectivity index (χ3n) is 3.58. The minimum Gasteiger partial charge on any atom is -0.458 e. The molecule has 3 atom stereocenters. The van der Waals surface area contributed by atoms with E-state index in [4.69, 9.17) is 15.2 Å². The van der Waals surface area contributed by atoms with Gasteiger partial charge in [-0.3, -0.25) is 9.36 Å². The number of carbonyl (C=O) groups is 1. The van der Waals surface area contributed by atoms with Crippen molar-refractivity contribution in [3.8, 4) is 0 Å². The van der Waals surface area contributed by atoms with Crippen LogP contribution in [-0.2, 0) is 14.3 Å². The molecule has 0 saturated carbocycles. The van der Waals surface area contributed by atoms with Crippen LogP contribution in [0.3, 0.4) is 0 Å². The van der Waals surface area contributed by atoms with Crippen LogP contribution in [0.15, 0.2) is 12.7 Å². The summed E-state index contributed by atoms with van der Waals surface area (Å²) in [6.45, 7) is 3.42. The first kappa shape index (κ1) is 13.7. The number of hydrogen-bond acceptors (Lipinski definition) is 7. The van der Waals surface area contributed by atoms with Gasteiger partial charge in [0.05, 0.1) is 12.4 Å². The number of anilines is 1.